The van der Waals surface area contributed by atoms with Gasteiger partial charge in [0.2, 0.25) is 5.91 Å². The van der Waals surface area contributed by atoms with Crippen molar-refractivity contribution < 1.29 is 9.90 Å². The highest BCUT2D eigenvalue weighted by Gasteiger charge is 2.20. The summed E-state index contributed by atoms with van der Waals surface area (Å²) in [6.07, 6.45) is 4.47. The first-order valence-corrected chi connectivity index (χ1v) is 5.93. The molecule has 88 valence electrons. The van der Waals surface area contributed by atoms with Gasteiger partial charge < -0.3 is 15.7 Å². The van der Waals surface area contributed by atoms with Crippen molar-refractivity contribution in [3.63, 3.8) is 0 Å². The van der Waals surface area contributed by atoms with Crippen molar-refractivity contribution in [2.24, 2.45) is 0 Å². The van der Waals surface area contributed by atoms with Gasteiger partial charge in [0.1, 0.15) is 0 Å². The Balaban J connectivity index is 2.16. The van der Waals surface area contributed by atoms with E-state index in [1.807, 2.05) is 6.92 Å². The lowest BCUT2D eigenvalue weighted by Crippen LogP contribution is -2.48. The molecule has 0 aromatic rings. The number of piperidine rings is 1. The molecule has 1 rings (SSSR count). The van der Waals surface area contributed by atoms with Gasteiger partial charge in [-0.05, 0) is 25.8 Å². The summed E-state index contributed by atoms with van der Waals surface area (Å²) in [5, 5.41) is 15.4. The number of carbonyl (C=O) groups excluding carboxylic acids is 1. The van der Waals surface area contributed by atoms with E-state index < -0.39 is 6.10 Å². The van der Waals surface area contributed by atoms with Gasteiger partial charge in [-0.15, -0.1) is 0 Å². The van der Waals surface area contributed by atoms with Crippen LogP contribution in [0.15, 0.2) is 0 Å². The summed E-state index contributed by atoms with van der Waals surface area (Å²) in [6, 6.07) is -0.0485. The zero-order valence-electron chi connectivity index (χ0n) is 9.46. The van der Waals surface area contributed by atoms with E-state index in [-0.39, 0.29) is 11.9 Å². The molecule has 2 unspecified atom stereocenters. The molecule has 0 aliphatic carbocycles. The van der Waals surface area contributed by atoms with Gasteiger partial charge in [0.05, 0.1) is 12.1 Å². The number of hydrogen-bond donors (Lipinski definition) is 3. The van der Waals surface area contributed by atoms with E-state index in [9.17, 15) is 9.90 Å². The molecule has 1 amide bonds. The molecular weight excluding hydrogens is 192 g/mol. The molecule has 1 aliphatic heterocycles. The van der Waals surface area contributed by atoms with Gasteiger partial charge in [0.15, 0.2) is 0 Å². The molecule has 1 aliphatic rings. The van der Waals surface area contributed by atoms with Crippen LogP contribution in [0.2, 0.25) is 0 Å². The van der Waals surface area contributed by atoms with E-state index >= 15 is 0 Å². The van der Waals surface area contributed by atoms with Crippen LogP contribution in [0.25, 0.3) is 0 Å². The van der Waals surface area contributed by atoms with E-state index in [4.69, 9.17) is 0 Å². The van der Waals surface area contributed by atoms with E-state index in [0.29, 0.717) is 6.54 Å². The summed E-state index contributed by atoms with van der Waals surface area (Å²) in [5.41, 5.74) is 0. The van der Waals surface area contributed by atoms with E-state index in [0.717, 1.165) is 38.6 Å². The number of rotatable bonds is 5. The quantitative estimate of drug-likeness (QED) is 0.621. The average molecular weight is 214 g/mol. The van der Waals surface area contributed by atoms with E-state index in [1.165, 1.54) is 0 Å². The van der Waals surface area contributed by atoms with Crippen LogP contribution in [0.1, 0.15) is 39.0 Å². The van der Waals surface area contributed by atoms with Crippen LogP contribution in [0.3, 0.4) is 0 Å². The van der Waals surface area contributed by atoms with E-state index in [1.54, 1.807) is 0 Å². The second-order valence-electron chi connectivity index (χ2n) is 4.19. The minimum atomic E-state index is -0.400. The first kappa shape index (κ1) is 12.5. The predicted octanol–water partition coefficient (Wildman–Crippen LogP) is 0.406. The highest BCUT2D eigenvalue weighted by atomic mass is 16.3. The second kappa shape index (κ2) is 6.80. The summed E-state index contributed by atoms with van der Waals surface area (Å²) >= 11 is 0. The van der Waals surface area contributed by atoms with Crippen LogP contribution < -0.4 is 10.6 Å². The number of amides is 1. The number of carbonyl (C=O) groups is 1. The third-order valence-electron chi connectivity index (χ3n) is 2.76. The predicted molar refractivity (Wildman–Crippen MR) is 59.6 cm³/mol. The molecule has 2 atom stereocenters. The van der Waals surface area contributed by atoms with Gasteiger partial charge >= 0.3 is 0 Å². The standard InChI is InChI=1S/C11H22N2O2/c1-2-5-9(14)8-13-11(15)10-6-3-4-7-12-10/h9-10,12,14H,2-8H2,1H3,(H,13,15). The Bertz CT molecular complexity index is 191. The van der Waals surface area contributed by atoms with Crippen LogP contribution in [0, 0.1) is 0 Å². The molecule has 1 saturated heterocycles. The summed E-state index contributed by atoms with van der Waals surface area (Å²) < 4.78 is 0. The van der Waals surface area contributed by atoms with Crippen LogP contribution >= 0.6 is 0 Å². The largest absolute Gasteiger partial charge is 0.391 e. The maximum absolute atomic E-state index is 11.6. The first-order valence-electron chi connectivity index (χ1n) is 5.93. The van der Waals surface area contributed by atoms with Crippen molar-refractivity contribution in [2.75, 3.05) is 13.1 Å². The Labute approximate surface area is 91.4 Å². The maximum atomic E-state index is 11.6. The Kier molecular flexibility index (Phi) is 5.65. The first-order chi connectivity index (χ1) is 7.24. The Morgan fingerprint density at radius 3 is 3.00 bits per heavy atom. The summed E-state index contributed by atoms with van der Waals surface area (Å²) in [5.74, 6) is 0.0323. The molecule has 0 bridgehead atoms. The molecule has 15 heavy (non-hydrogen) atoms. The normalized spacial score (nSPS) is 23.5. The Hall–Kier alpha value is -0.610. The monoisotopic (exact) mass is 214 g/mol. The molecule has 4 nitrogen and oxygen atoms in total. The lowest BCUT2D eigenvalue weighted by Gasteiger charge is -2.23. The lowest BCUT2D eigenvalue weighted by atomic mass is 10.0. The maximum Gasteiger partial charge on any atom is 0.237 e. The summed E-state index contributed by atoms with van der Waals surface area (Å²) in [7, 11) is 0. The summed E-state index contributed by atoms with van der Waals surface area (Å²) in [6.45, 7) is 3.33. The molecule has 0 aromatic carbocycles. The highest BCUT2D eigenvalue weighted by Crippen LogP contribution is 2.06. The van der Waals surface area contributed by atoms with Crippen molar-refractivity contribution in [3.05, 3.63) is 0 Å². The van der Waals surface area contributed by atoms with Gasteiger partial charge in [-0.1, -0.05) is 19.8 Å². The highest BCUT2D eigenvalue weighted by molar-refractivity contribution is 5.81. The van der Waals surface area contributed by atoms with Crippen LogP contribution in [-0.2, 0) is 4.79 Å². The third-order valence-corrected chi connectivity index (χ3v) is 2.76. The molecule has 0 spiro atoms. The van der Waals surface area contributed by atoms with Gasteiger partial charge in [0, 0.05) is 6.54 Å². The molecule has 4 heteroatoms. The second-order valence-corrected chi connectivity index (χ2v) is 4.19. The number of hydrogen-bond acceptors (Lipinski definition) is 3. The van der Waals surface area contributed by atoms with Crippen molar-refractivity contribution >= 4 is 5.91 Å². The fourth-order valence-electron chi connectivity index (χ4n) is 1.85. The van der Waals surface area contributed by atoms with Gasteiger partial charge in [-0.25, -0.2) is 0 Å². The van der Waals surface area contributed by atoms with Gasteiger partial charge in [-0.3, -0.25) is 4.79 Å². The van der Waals surface area contributed by atoms with Crippen molar-refractivity contribution in [1.82, 2.24) is 10.6 Å². The minimum absolute atomic E-state index is 0.0323. The topological polar surface area (TPSA) is 61.4 Å². The van der Waals surface area contributed by atoms with Crippen LogP contribution in [0.5, 0.6) is 0 Å². The Morgan fingerprint density at radius 1 is 1.60 bits per heavy atom. The smallest absolute Gasteiger partial charge is 0.237 e. The van der Waals surface area contributed by atoms with Crippen molar-refractivity contribution in [3.8, 4) is 0 Å². The molecule has 0 radical (unpaired) electrons. The zero-order valence-corrected chi connectivity index (χ0v) is 9.46. The van der Waals surface area contributed by atoms with Gasteiger partial charge in [-0.2, -0.15) is 0 Å². The third kappa shape index (κ3) is 4.62. The molecular formula is C11H22N2O2. The summed E-state index contributed by atoms with van der Waals surface area (Å²) in [4.78, 5) is 11.6. The fourth-order valence-corrected chi connectivity index (χ4v) is 1.85. The van der Waals surface area contributed by atoms with Crippen LogP contribution in [-0.4, -0.2) is 36.2 Å². The SMILES string of the molecule is CCCC(O)CNC(=O)C1CCCCN1. The van der Waals surface area contributed by atoms with Crippen molar-refractivity contribution in [1.29, 1.82) is 0 Å². The molecule has 0 aromatic heterocycles. The lowest BCUT2D eigenvalue weighted by molar-refractivity contribution is -0.124. The number of aliphatic hydroxyl groups is 1. The Morgan fingerprint density at radius 2 is 2.40 bits per heavy atom. The van der Waals surface area contributed by atoms with Crippen LogP contribution in [0.4, 0.5) is 0 Å². The molecule has 1 fully saturated rings. The average Bonchev–Trinajstić information content (AvgIpc) is 2.27. The molecule has 3 N–H and O–H groups in total. The zero-order chi connectivity index (χ0) is 11.1. The van der Waals surface area contributed by atoms with Gasteiger partial charge in [0.25, 0.3) is 0 Å². The fraction of sp³-hybridized carbons (Fsp3) is 0.909. The molecule has 0 saturated carbocycles. The van der Waals surface area contributed by atoms with Crippen molar-refractivity contribution in [2.45, 2.75) is 51.2 Å². The molecule has 1 heterocycles. The number of nitrogens with one attached hydrogen (secondary N) is 2. The van der Waals surface area contributed by atoms with E-state index in [2.05, 4.69) is 10.6 Å². The minimum Gasteiger partial charge on any atom is -0.391 e. The number of aliphatic hydroxyl groups excluding tert-OH is 1.